The predicted octanol–water partition coefficient (Wildman–Crippen LogP) is 3.97. The molecule has 0 aliphatic heterocycles. The average Bonchev–Trinajstić information content (AvgIpc) is 3.03. The minimum absolute atomic E-state index is 0.291. The molecule has 0 spiro atoms. The third-order valence-corrected chi connectivity index (χ3v) is 4.68. The first-order valence-electron chi connectivity index (χ1n) is 6.97. The lowest BCUT2D eigenvalue weighted by molar-refractivity contribution is 0.463. The van der Waals surface area contributed by atoms with Gasteiger partial charge in [0.25, 0.3) is 0 Å². The third kappa shape index (κ3) is 3.90. The number of rotatable bonds is 7. The molecule has 0 bridgehead atoms. The van der Waals surface area contributed by atoms with Gasteiger partial charge in [0.1, 0.15) is 12.2 Å². The molecule has 4 nitrogen and oxygen atoms in total. The van der Waals surface area contributed by atoms with Gasteiger partial charge in [0.2, 0.25) is 0 Å². The van der Waals surface area contributed by atoms with Crippen molar-refractivity contribution in [2.24, 2.45) is 0 Å². The van der Waals surface area contributed by atoms with E-state index in [2.05, 4.69) is 63.5 Å². The van der Waals surface area contributed by atoms with Crippen molar-refractivity contribution in [3.05, 3.63) is 32.9 Å². The van der Waals surface area contributed by atoms with Gasteiger partial charge >= 0.3 is 0 Å². The molecule has 0 radical (unpaired) electrons. The van der Waals surface area contributed by atoms with Crippen molar-refractivity contribution in [3.8, 4) is 0 Å². The second-order valence-corrected chi connectivity index (χ2v) is 7.40. The van der Waals surface area contributed by atoms with Crippen LogP contribution >= 0.6 is 27.3 Å². The number of thiophene rings is 1. The van der Waals surface area contributed by atoms with Gasteiger partial charge in [-0.3, -0.25) is 0 Å². The van der Waals surface area contributed by atoms with E-state index in [1.54, 1.807) is 17.7 Å². The van der Waals surface area contributed by atoms with Crippen LogP contribution in [0.3, 0.4) is 0 Å². The highest BCUT2D eigenvalue weighted by molar-refractivity contribution is 9.11. The fourth-order valence-corrected chi connectivity index (χ4v) is 3.40. The Balaban J connectivity index is 2.17. The molecule has 0 aromatic carbocycles. The van der Waals surface area contributed by atoms with E-state index in [1.807, 2.05) is 4.68 Å². The lowest BCUT2D eigenvalue weighted by Crippen LogP contribution is -2.25. The molecule has 20 heavy (non-hydrogen) atoms. The first-order valence-corrected chi connectivity index (χ1v) is 8.64. The van der Waals surface area contributed by atoms with Crippen LogP contribution in [0.1, 0.15) is 50.7 Å². The maximum absolute atomic E-state index is 4.42. The summed E-state index contributed by atoms with van der Waals surface area (Å²) in [5, 5.41) is 10.1. The highest BCUT2D eigenvalue weighted by Gasteiger charge is 2.17. The smallest absolute Gasteiger partial charge is 0.138 e. The van der Waals surface area contributed by atoms with Gasteiger partial charge in [-0.1, -0.05) is 6.92 Å². The van der Waals surface area contributed by atoms with Crippen LogP contribution in [0.25, 0.3) is 0 Å². The Morgan fingerprint density at radius 3 is 2.85 bits per heavy atom. The van der Waals surface area contributed by atoms with Crippen LogP contribution in [-0.4, -0.2) is 21.3 Å². The van der Waals surface area contributed by atoms with E-state index in [0.29, 0.717) is 12.1 Å². The summed E-state index contributed by atoms with van der Waals surface area (Å²) in [4.78, 5) is 4.42. The van der Waals surface area contributed by atoms with Crippen LogP contribution in [-0.2, 0) is 6.42 Å². The van der Waals surface area contributed by atoms with Crippen molar-refractivity contribution >= 4 is 27.3 Å². The van der Waals surface area contributed by atoms with E-state index in [4.69, 9.17) is 0 Å². The summed E-state index contributed by atoms with van der Waals surface area (Å²) in [7, 11) is 0. The van der Waals surface area contributed by atoms with E-state index in [9.17, 15) is 0 Å². The summed E-state index contributed by atoms with van der Waals surface area (Å²) in [6.45, 7) is 7.46. The Morgan fingerprint density at radius 1 is 1.45 bits per heavy atom. The van der Waals surface area contributed by atoms with Crippen LogP contribution in [0, 0.1) is 0 Å². The van der Waals surface area contributed by atoms with E-state index in [-0.39, 0.29) is 0 Å². The zero-order valence-electron chi connectivity index (χ0n) is 12.1. The maximum atomic E-state index is 4.42. The first-order chi connectivity index (χ1) is 9.61. The molecule has 0 saturated heterocycles. The summed E-state index contributed by atoms with van der Waals surface area (Å²) in [5.74, 6) is 1.04. The Hall–Kier alpha value is -0.720. The van der Waals surface area contributed by atoms with Gasteiger partial charge in [0.05, 0.1) is 3.79 Å². The molecule has 6 heteroatoms. The summed E-state index contributed by atoms with van der Waals surface area (Å²) >= 11 is 5.26. The third-order valence-electron chi connectivity index (χ3n) is 3.15. The normalized spacial score (nSPS) is 13.1. The lowest BCUT2D eigenvalue weighted by Gasteiger charge is -2.18. The molecule has 2 rings (SSSR count). The van der Waals surface area contributed by atoms with Crippen molar-refractivity contribution < 1.29 is 0 Å². The van der Waals surface area contributed by atoms with Crippen molar-refractivity contribution in [2.45, 2.75) is 45.7 Å². The van der Waals surface area contributed by atoms with Crippen LogP contribution in [0.15, 0.2) is 21.6 Å². The second-order valence-electron chi connectivity index (χ2n) is 5.11. The monoisotopic (exact) mass is 356 g/mol. The topological polar surface area (TPSA) is 42.7 Å². The quantitative estimate of drug-likeness (QED) is 0.816. The molecule has 2 heterocycles. The SMILES string of the molecule is CCCNC(Cc1ncnn1C(C)C)c1csc(Br)c1. The van der Waals surface area contributed by atoms with Crippen LogP contribution in [0.2, 0.25) is 0 Å². The number of nitrogens with zero attached hydrogens (tertiary/aromatic N) is 3. The van der Waals surface area contributed by atoms with E-state index in [0.717, 1.165) is 25.2 Å². The van der Waals surface area contributed by atoms with Crippen LogP contribution in [0.5, 0.6) is 0 Å². The number of nitrogens with one attached hydrogen (secondary N) is 1. The largest absolute Gasteiger partial charge is 0.310 e. The maximum Gasteiger partial charge on any atom is 0.138 e. The molecule has 0 saturated carbocycles. The molecular weight excluding hydrogens is 336 g/mol. The van der Waals surface area contributed by atoms with Crippen LogP contribution in [0.4, 0.5) is 0 Å². The molecular formula is C14H21BrN4S. The van der Waals surface area contributed by atoms with Crippen molar-refractivity contribution in [1.82, 2.24) is 20.1 Å². The molecule has 2 aromatic rings. The lowest BCUT2D eigenvalue weighted by atomic mass is 10.1. The minimum atomic E-state index is 0.291. The zero-order valence-corrected chi connectivity index (χ0v) is 14.5. The Kier molecular flexibility index (Phi) is 5.74. The zero-order chi connectivity index (χ0) is 14.5. The Labute approximate surface area is 132 Å². The van der Waals surface area contributed by atoms with Crippen molar-refractivity contribution in [1.29, 1.82) is 0 Å². The number of aromatic nitrogens is 3. The van der Waals surface area contributed by atoms with Gasteiger partial charge in [-0.15, -0.1) is 11.3 Å². The highest BCUT2D eigenvalue weighted by atomic mass is 79.9. The molecule has 0 aliphatic carbocycles. The van der Waals surface area contributed by atoms with Crippen molar-refractivity contribution in [3.63, 3.8) is 0 Å². The van der Waals surface area contributed by atoms with Gasteiger partial charge in [0, 0.05) is 18.5 Å². The van der Waals surface area contributed by atoms with E-state index >= 15 is 0 Å². The Bertz CT molecular complexity index is 535. The molecule has 1 atom stereocenters. The van der Waals surface area contributed by atoms with E-state index < -0.39 is 0 Å². The molecule has 110 valence electrons. The summed E-state index contributed by atoms with van der Waals surface area (Å²) in [6.07, 6.45) is 3.63. The second kappa shape index (κ2) is 7.33. The summed E-state index contributed by atoms with van der Waals surface area (Å²) in [6, 6.07) is 2.82. The van der Waals surface area contributed by atoms with E-state index in [1.165, 1.54) is 9.35 Å². The highest BCUT2D eigenvalue weighted by Crippen LogP contribution is 2.27. The fourth-order valence-electron chi connectivity index (χ4n) is 2.17. The standard InChI is InChI=1S/C14H21BrN4S/c1-4-5-16-12(11-6-13(15)20-8-11)7-14-17-9-18-19(14)10(2)3/h6,8-10,12,16H,4-5,7H2,1-3H3. The molecule has 1 unspecified atom stereocenters. The minimum Gasteiger partial charge on any atom is -0.310 e. The van der Waals surface area contributed by atoms with Gasteiger partial charge in [-0.2, -0.15) is 5.10 Å². The molecule has 0 fully saturated rings. The molecule has 0 amide bonds. The molecule has 1 N–H and O–H groups in total. The van der Waals surface area contributed by atoms with Crippen molar-refractivity contribution in [2.75, 3.05) is 6.54 Å². The molecule has 2 aromatic heterocycles. The Morgan fingerprint density at radius 2 is 2.25 bits per heavy atom. The van der Waals surface area contributed by atoms with Gasteiger partial charge in [-0.05, 0) is 59.8 Å². The number of hydrogen-bond acceptors (Lipinski definition) is 4. The number of halogens is 1. The summed E-state index contributed by atoms with van der Waals surface area (Å²) < 4.78 is 3.17. The van der Waals surface area contributed by atoms with Gasteiger partial charge in [-0.25, -0.2) is 9.67 Å². The number of hydrogen-bond donors (Lipinski definition) is 1. The summed E-state index contributed by atoms with van der Waals surface area (Å²) in [5.41, 5.74) is 1.31. The van der Waals surface area contributed by atoms with Gasteiger partial charge < -0.3 is 5.32 Å². The van der Waals surface area contributed by atoms with Gasteiger partial charge in [0.15, 0.2) is 0 Å². The first kappa shape index (κ1) is 15.7. The van der Waals surface area contributed by atoms with Crippen LogP contribution < -0.4 is 5.32 Å². The predicted molar refractivity (Wildman–Crippen MR) is 87.2 cm³/mol. The average molecular weight is 357 g/mol. The fraction of sp³-hybridized carbons (Fsp3) is 0.571. The molecule has 0 aliphatic rings.